The number of aromatic nitrogens is 2. The van der Waals surface area contributed by atoms with Crippen LogP contribution in [0.5, 0.6) is 0 Å². The summed E-state index contributed by atoms with van der Waals surface area (Å²) in [5, 5.41) is 9.17. The molecule has 1 atom stereocenters. The fourth-order valence-corrected chi connectivity index (χ4v) is 3.45. The number of hydrogen-bond acceptors (Lipinski definition) is 3. The van der Waals surface area contributed by atoms with E-state index >= 15 is 0 Å². The second kappa shape index (κ2) is 8.21. The highest BCUT2D eigenvalue weighted by Gasteiger charge is 2.41. The van der Waals surface area contributed by atoms with Gasteiger partial charge in [0.05, 0.1) is 24.7 Å². The zero-order chi connectivity index (χ0) is 23.1. The number of aromatic carboxylic acids is 1. The van der Waals surface area contributed by atoms with Gasteiger partial charge in [-0.05, 0) is 11.6 Å². The van der Waals surface area contributed by atoms with Crippen LogP contribution in [0.25, 0.3) is 0 Å². The molecule has 0 fully saturated rings. The number of carboxylic acid groups (broad SMARTS) is 1. The number of amides is 1. The molecule has 13 heteroatoms. The molecule has 31 heavy (non-hydrogen) atoms. The molecule has 2 heterocycles. The van der Waals surface area contributed by atoms with Gasteiger partial charge in [0.15, 0.2) is 17.3 Å². The van der Waals surface area contributed by atoms with Gasteiger partial charge < -0.3 is 20.3 Å². The molecule has 1 aliphatic rings. The molecular formula is C18H17F6N4O3+. The monoisotopic (exact) mass is 451 g/mol. The first-order chi connectivity index (χ1) is 14.4. The minimum absolute atomic E-state index is 0.128. The molecule has 168 valence electrons. The van der Waals surface area contributed by atoms with Crippen LogP contribution in [0.1, 0.15) is 34.0 Å². The Kier molecular flexibility index (Phi) is 5.98. The number of carbonyl (C=O) groups is 2. The van der Waals surface area contributed by atoms with Crippen molar-refractivity contribution in [3.05, 3.63) is 52.4 Å². The average Bonchev–Trinajstić information content (AvgIpc) is 3.05. The molecule has 4 N–H and O–H groups in total. The van der Waals surface area contributed by atoms with Crippen molar-refractivity contribution in [3.8, 4) is 0 Å². The van der Waals surface area contributed by atoms with E-state index in [1.807, 2.05) is 0 Å². The second-order valence-corrected chi connectivity index (χ2v) is 7.13. The molecule has 0 bridgehead atoms. The van der Waals surface area contributed by atoms with Gasteiger partial charge in [-0.2, -0.15) is 13.2 Å². The summed E-state index contributed by atoms with van der Waals surface area (Å²) in [6, 6.07) is 0.310. The molecule has 1 aromatic heterocycles. The Labute approximate surface area is 171 Å². The zero-order valence-corrected chi connectivity index (χ0v) is 15.8. The molecule has 1 amide bonds. The minimum atomic E-state index is -4.86. The Bertz CT molecular complexity index is 1040. The summed E-state index contributed by atoms with van der Waals surface area (Å²) >= 11 is 0. The van der Waals surface area contributed by atoms with E-state index in [0.29, 0.717) is 12.1 Å². The van der Waals surface area contributed by atoms with Gasteiger partial charge in [0.1, 0.15) is 5.82 Å². The summed E-state index contributed by atoms with van der Waals surface area (Å²) in [5.41, 5.74) is 2.47. The van der Waals surface area contributed by atoms with E-state index in [1.54, 1.807) is 0 Å². The third-order valence-corrected chi connectivity index (χ3v) is 4.88. The number of nitrogens with zero attached hydrogens (tertiary/aromatic N) is 3. The van der Waals surface area contributed by atoms with Crippen LogP contribution < -0.4 is 5.73 Å². The van der Waals surface area contributed by atoms with Crippen LogP contribution in [0.2, 0.25) is 0 Å². The molecule has 0 saturated heterocycles. The predicted octanol–water partition coefficient (Wildman–Crippen LogP) is 1.60. The summed E-state index contributed by atoms with van der Waals surface area (Å²) in [7, 11) is 0. The molecular weight excluding hydrogens is 434 g/mol. The predicted molar refractivity (Wildman–Crippen MR) is 90.9 cm³/mol. The van der Waals surface area contributed by atoms with Crippen molar-refractivity contribution in [3.63, 3.8) is 0 Å². The fourth-order valence-electron chi connectivity index (χ4n) is 3.45. The number of imidazole rings is 1. The first-order valence-electron chi connectivity index (χ1n) is 9.02. The molecule has 1 unspecified atom stereocenters. The van der Waals surface area contributed by atoms with E-state index in [1.165, 1.54) is 0 Å². The number of benzene rings is 1. The number of alkyl halides is 3. The lowest BCUT2D eigenvalue weighted by atomic mass is 10.0. The van der Waals surface area contributed by atoms with E-state index in [0.717, 1.165) is 9.47 Å². The fraction of sp³-hybridized carbons (Fsp3) is 0.389. The maximum atomic E-state index is 13.8. The molecule has 1 aliphatic heterocycles. The van der Waals surface area contributed by atoms with Crippen molar-refractivity contribution in [2.45, 2.75) is 38.1 Å². The average molecular weight is 451 g/mol. The van der Waals surface area contributed by atoms with Crippen molar-refractivity contribution in [1.82, 2.24) is 14.5 Å². The Morgan fingerprint density at radius 2 is 1.77 bits per heavy atom. The topological polar surface area (TPSA) is 103 Å². The number of quaternary nitrogens is 1. The molecule has 2 aromatic rings. The number of hydrogen-bond donors (Lipinski definition) is 2. The van der Waals surface area contributed by atoms with Crippen LogP contribution in [-0.4, -0.2) is 44.0 Å². The first-order valence-corrected chi connectivity index (χ1v) is 9.02. The van der Waals surface area contributed by atoms with Gasteiger partial charge in [-0.15, -0.1) is 0 Å². The maximum absolute atomic E-state index is 13.8. The number of fused-ring (bicyclic) bond motifs is 1. The highest BCUT2D eigenvalue weighted by molar-refractivity contribution is 5.87. The third kappa shape index (κ3) is 4.65. The van der Waals surface area contributed by atoms with Crippen molar-refractivity contribution in [2.24, 2.45) is 0 Å². The minimum Gasteiger partial charge on any atom is -0.476 e. The van der Waals surface area contributed by atoms with Crippen LogP contribution in [0, 0.1) is 17.5 Å². The van der Waals surface area contributed by atoms with E-state index < -0.39 is 59.6 Å². The Morgan fingerprint density at radius 1 is 1.13 bits per heavy atom. The summed E-state index contributed by atoms with van der Waals surface area (Å²) in [5.74, 6) is -7.16. The smallest absolute Gasteiger partial charge is 0.449 e. The largest absolute Gasteiger partial charge is 0.476 e. The van der Waals surface area contributed by atoms with Gasteiger partial charge >= 0.3 is 12.1 Å². The lowest BCUT2D eigenvalue weighted by Crippen LogP contribution is -2.63. The van der Waals surface area contributed by atoms with Gasteiger partial charge in [0.25, 0.3) is 0 Å². The van der Waals surface area contributed by atoms with Crippen LogP contribution in [0.4, 0.5) is 26.3 Å². The molecule has 0 spiro atoms. The SMILES string of the molecule is [NH3+]C(CC(=O)N1CCn2c(C(F)(F)F)nc(C(=O)O)c2C1)Cc1cc(F)c(F)cc1F. The molecule has 0 aliphatic carbocycles. The summed E-state index contributed by atoms with van der Waals surface area (Å²) in [4.78, 5) is 28.2. The molecule has 0 radical (unpaired) electrons. The van der Waals surface area contributed by atoms with E-state index in [9.17, 15) is 41.0 Å². The van der Waals surface area contributed by atoms with E-state index in [-0.39, 0.29) is 37.2 Å². The highest BCUT2D eigenvalue weighted by Crippen LogP contribution is 2.32. The number of halogens is 6. The van der Waals surface area contributed by atoms with Crippen LogP contribution >= 0.6 is 0 Å². The van der Waals surface area contributed by atoms with Crippen LogP contribution in [-0.2, 0) is 30.5 Å². The number of carboxylic acids is 1. The van der Waals surface area contributed by atoms with Crippen molar-refractivity contribution >= 4 is 11.9 Å². The molecule has 0 saturated carbocycles. The summed E-state index contributed by atoms with van der Waals surface area (Å²) < 4.78 is 80.2. The summed E-state index contributed by atoms with van der Waals surface area (Å²) in [6.07, 6.45) is -5.30. The number of rotatable bonds is 5. The quantitative estimate of drug-likeness (QED) is 0.533. The normalized spacial score (nSPS) is 15.0. The zero-order valence-electron chi connectivity index (χ0n) is 15.8. The Hall–Kier alpha value is -3.09. The third-order valence-electron chi connectivity index (χ3n) is 4.88. The van der Waals surface area contributed by atoms with Crippen molar-refractivity contribution in [2.75, 3.05) is 6.54 Å². The highest BCUT2D eigenvalue weighted by atomic mass is 19.4. The van der Waals surface area contributed by atoms with Crippen molar-refractivity contribution < 1.29 is 46.8 Å². The lowest BCUT2D eigenvalue weighted by molar-refractivity contribution is -0.418. The van der Waals surface area contributed by atoms with Gasteiger partial charge in [0, 0.05) is 25.6 Å². The Morgan fingerprint density at radius 3 is 2.39 bits per heavy atom. The summed E-state index contributed by atoms with van der Waals surface area (Å²) in [6.45, 7) is -0.845. The van der Waals surface area contributed by atoms with Crippen molar-refractivity contribution in [1.29, 1.82) is 0 Å². The second-order valence-electron chi connectivity index (χ2n) is 7.13. The van der Waals surface area contributed by atoms with Crippen LogP contribution in [0.3, 0.4) is 0 Å². The maximum Gasteiger partial charge on any atom is 0.449 e. The van der Waals surface area contributed by atoms with Gasteiger partial charge in [-0.3, -0.25) is 4.79 Å². The number of carbonyl (C=O) groups excluding carboxylic acids is 1. The van der Waals surface area contributed by atoms with Crippen LogP contribution in [0.15, 0.2) is 12.1 Å². The molecule has 3 rings (SSSR count). The van der Waals surface area contributed by atoms with E-state index in [2.05, 4.69) is 10.7 Å². The van der Waals surface area contributed by atoms with Gasteiger partial charge in [-0.1, -0.05) is 0 Å². The first kappa shape index (κ1) is 22.6. The van der Waals surface area contributed by atoms with Gasteiger partial charge in [0.2, 0.25) is 11.7 Å². The van der Waals surface area contributed by atoms with E-state index in [4.69, 9.17) is 0 Å². The Balaban J connectivity index is 1.73. The van der Waals surface area contributed by atoms with Gasteiger partial charge in [-0.25, -0.2) is 22.9 Å². The molecule has 1 aromatic carbocycles. The lowest BCUT2D eigenvalue weighted by Gasteiger charge is -2.30. The standard InChI is InChI=1S/C18H16F6N4O3/c19-10-6-12(21)11(20)4-8(10)3-9(25)5-14(29)27-1-2-28-13(7-27)15(16(30)31)26-17(28)18(22,23)24/h4,6,9H,1-3,5,7,25H2,(H,30,31)/p+1. The molecule has 7 nitrogen and oxygen atoms in total.